The van der Waals surface area contributed by atoms with Crippen molar-refractivity contribution in [3.63, 3.8) is 0 Å². The minimum absolute atomic E-state index is 0.388. The van der Waals surface area contributed by atoms with Crippen LogP contribution in [0.15, 0.2) is 0 Å². The number of nitrogens with zero attached hydrogens (tertiary/aromatic N) is 2. The van der Waals surface area contributed by atoms with Gasteiger partial charge >= 0.3 is 0 Å². The third-order valence-corrected chi connectivity index (χ3v) is 4.19. The predicted octanol–water partition coefficient (Wildman–Crippen LogP) is 3.17. The first-order valence-corrected chi connectivity index (χ1v) is 8.02. The van der Waals surface area contributed by atoms with Gasteiger partial charge in [-0.1, -0.05) is 26.7 Å². The van der Waals surface area contributed by atoms with Crippen LogP contribution in [0.1, 0.15) is 59.3 Å². The van der Waals surface area contributed by atoms with Crippen LogP contribution in [-0.2, 0) is 0 Å². The highest BCUT2D eigenvalue weighted by molar-refractivity contribution is 5.05. The molecule has 2 atom stereocenters. The maximum Gasteiger partial charge on any atom is 0.116 e. The van der Waals surface area contributed by atoms with Gasteiger partial charge in [-0.25, -0.2) is 0 Å². The molecule has 0 spiro atoms. The lowest BCUT2D eigenvalue weighted by atomic mass is 9.96. The summed E-state index contributed by atoms with van der Waals surface area (Å²) in [5.74, 6) is 0.909. The number of nitriles is 1. The minimum Gasteiger partial charge on any atom is -0.300 e. The molecule has 0 radical (unpaired) electrons. The van der Waals surface area contributed by atoms with Crippen LogP contribution < -0.4 is 5.32 Å². The zero-order valence-electron chi connectivity index (χ0n) is 13.0. The van der Waals surface area contributed by atoms with Gasteiger partial charge in [0.15, 0.2) is 0 Å². The molecule has 0 bridgehead atoms. The van der Waals surface area contributed by atoms with Crippen LogP contribution in [-0.4, -0.2) is 36.6 Å². The third kappa shape index (κ3) is 5.93. The first kappa shape index (κ1) is 16.5. The van der Waals surface area contributed by atoms with Crippen molar-refractivity contribution in [3.8, 4) is 6.07 Å². The summed E-state index contributed by atoms with van der Waals surface area (Å²) in [5.41, 5.74) is -0.388. The number of nitrogens with one attached hydrogen (secondary N) is 1. The zero-order chi connectivity index (χ0) is 14.1. The summed E-state index contributed by atoms with van der Waals surface area (Å²) in [4.78, 5) is 2.49. The molecule has 1 heterocycles. The van der Waals surface area contributed by atoms with Crippen molar-refractivity contribution < 1.29 is 0 Å². The molecule has 110 valence electrons. The number of rotatable bonds is 7. The van der Waals surface area contributed by atoms with Crippen molar-refractivity contribution in [1.29, 1.82) is 5.26 Å². The normalized spacial score (nSPS) is 24.4. The number of likely N-dealkylation sites (tertiary alicyclic amines) is 1. The van der Waals surface area contributed by atoms with Crippen molar-refractivity contribution in [3.05, 3.63) is 0 Å². The molecule has 1 rings (SSSR count). The summed E-state index contributed by atoms with van der Waals surface area (Å²) >= 11 is 0. The van der Waals surface area contributed by atoms with Gasteiger partial charge in [0.05, 0.1) is 6.07 Å². The van der Waals surface area contributed by atoms with E-state index in [1.54, 1.807) is 0 Å². The zero-order valence-corrected chi connectivity index (χ0v) is 13.0. The Labute approximate surface area is 119 Å². The molecule has 0 aromatic heterocycles. The van der Waals surface area contributed by atoms with Crippen molar-refractivity contribution >= 4 is 0 Å². The minimum atomic E-state index is -0.388. The Morgan fingerprint density at radius 3 is 2.68 bits per heavy atom. The average molecular weight is 265 g/mol. The Morgan fingerprint density at radius 2 is 2.05 bits per heavy atom. The lowest BCUT2D eigenvalue weighted by Crippen LogP contribution is -2.50. The second kappa shape index (κ2) is 8.55. The van der Waals surface area contributed by atoms with Gasteiger partial charge in [0.25, 0.3) is 0 Å². The van der Waals surface area contributed by atoms with Crippen LogP contribution in [0.3, 0.4) is 0 Å². The van der Waals surface area contributed by atoms with Gasteiger partial charge in [-0.05, 0) is 58.2 Å². The molecule has 0 aliphatic carbocycles. The molecule has 1 aliphatic heterocycles. The molecule has 0 saturated carbocycles. The van der Waals surface area contributed by atoms with E-state index in [4.69, 9.17) is 0 Å². The van der Waals surface area contributed by atoms with Crippen LogP contribution >= 0.6 is 0 Å². The van der Waals surface area contributed by atoms with E-state index in [0.717, 1.165) is 38.5 Å². The highest BCUT2D eigenvalue weighted by Gasteiger charge is 2.27. The number of hydrogen-bond donors (Lipinski definition) is 1. The summed E-state index contributed by atoms with van der Waals surface area (Å²) in [6, 6.07) is 2.46. The maximum atomic E-state index is 9.41. The second-order valence-corrected chi connectivity index (χ2v) is 6.23. The van der Waals surface area contributed by atoms with E-state index in [1.807, 2.05) is 6.92 Å². The van der Waals surface area contributed by atoms with Crippen LogP contribution in [0.25, 0.3) is 0 Å². The Bertz CT molecular complexity index is 284. The predicted molar refractivity (Wildman–Crippen MR) is 81.0 cm³/mol. The van der Waals surface area contributed by atoms with E-state index in [2.05, 4.69) is 30.1 Å². The average Bonchev–Trinajstić information content (AvgIpc) is 2.63. The van der Waals surface area contributed by atoms with Crippen molar-refractivity contribution in [2.24, 2.45) is 5.92 Å². The fourth-order valence-corrected chi connectivity index (χ4v) is 3.06. The van der Waals surface area contributed by atoms with Crippen LogP contribution in [0, 0.1) is 17.2 Å². The van der Waals surface area contributed by atoms with E-state index in [-0.39, 0.29) is 5.54 Å². The molecule has 1 saturated heterocycles. The van der Waals surface area contributed by atoms with Crippen LogP contribution in [0.5, 0.6) is 0 Å². The van der Waals surface area contributed by atoms with Gasteiger partial charge in [-0.2, -0.15) is 5.26 Å². The van der Waals surface area contributed by atoms with Crippen molar-refractivity contribution in [2.45, 2.75) is 64.8 Å². The molecular weight excluding hydrogens is 234 g/mol. The van der Waals surface area contributed by atoms with Crippen LogP contribution in [0.2, 0.25) is 0 Å². The first-order valence-electron chi connectivity index (χ1n) is 8.02. The fourth-order valence-electron chi connectivity index (χ4n) is 3.06. The summed E-state index contributed by atoms with van der Waals surface area (Å²) in [6.45, 7) is 10.6. The lowest BCUT2D eigenvalue weighted by Gasteiger charge is -2.30. The van der Waals surface area contributed by atoms with Gasteiger partial charge in [0, 0.05) is 6.54 Å². The molecule has 1 N–H and O–H groups in total. The standard InChI is InChI=1S/C16H31N3/c1-4-7-15-8-6-11-19(12-9-15)14-16(3,13-17)18-10-5-2/h15,18H,4-12,14H2,1-3H3. The Kier molecular flexibility index (Phi) is 7.41. The van der Waals surface area contributed by atoms with Gasteiger partial charge in [0.2, 0.25) is 0 Å². The van der Waals surface area contributed by atoms with Gasteiger partial charge in [-0.3, -0.25) is 5.32 Å². The van der Waals surface area contributed by atoms with E-state index >= 15 is 0 Å². The molecule has 1 fully saturated rings. The molecular formula is C16H31N3. The Morgan fingerprint density at radius 1 is 1.26 bits per heavy atom. The monoisotopic (exact) mass is 265 g/mol. The molecule has 3 heteroatoms. The van der Waals surface area contributed by atoms with Gasteiger partial charge < -0.3 is 4.90 Å². The van der Waals surface area contributed by atoms with Gasteiger partial charge in [0.1, 0.15) is 5.54 Å². The molecule has 0 aromatic rings. The van der Waals surface area contributed by atoms with Crippen LogP contribution in [0.4, 0.5) is 0 Å². The molecule has 19 heavy (non-hydrogen) atoms. The molecule has 0 amide bonds. The Balaban J connectivity index is 2.45. The van der Waals surface area contributed by atoms with E-state index < -0.39 is 0 Å². The maximum absolute atomic E-state index is 9.41. The fraction of sp³-hybridized carbons (Fsp3) is 0.938. The molecule has 0 aromatic carbocycles. The molecule has 1 aliphatic rings. The van der Waals surface area contributed by atoms with Crippen molar-refractivity contribution in [2.75, 3.05) is 26.2 Å². The summed E-state index contributed by atoms with van der Waals surface area (Å²) in [7, 11) is 0. The highest BCUT2D eigenvalue weighted by atomic mass is 15.2. The quantitative estimate of drug-likeness (QED) is 0.768. The summed E-state index contributed by atoms with van der Waals surface area (Å²) in [5, 5.41) is 12.8. The topological polar surface area (TPSA) is 39.1 Å². The smallest absolute Gasteiger partial charge is 0.116 e. The first-order chi connectivity index (χ1) is 9.13. The second-order valence-electron chi connectivity index (χ2n) is 6.23. The summed E-state index contributed by atoms with van der Waals surface area (Å²) in [6.07, 6.45) is 7.73. The third-order valence-electron chi connectivity index (χ3n) is 4.19. The Hall–Kier alpha value is -0.590. The van der Waals surface area contributed by atoms with Gasteiger partial charge in [-0.15, -0.1) is 0 Å². The highest BCUT2D eigenvalue weighted by Crippen LogP contribution is 2.22. The SMILES string of the molecule is CCCNC(C)(C#N)CN1CCCC(CCC)CC1. The number of hydrogen-bond acceptors (Lipinski definition) is 3. The molecule has 3 nitrogen and oxygen atoms in total. The summed E-state index contributed by atoms with van der Waals surface area (Å²) < 4.78 is 0. The largest absolute Gasteiger partial charge is 0.300 e. The van der Waals surface area contributed by atoms with E-state index in [9.17, 15) is 5.26 Å². The molecule has 2 unspecified atom stereocenters. The lowest BCUT2D eigenvalue weighted by molar-refractivity contribution is 0.224. The van der Waals surface area contributed by atoms with Crippen molar-refractivity contribution in [1.82, 2.24) is 10.2 Å². The van der Waals surface area contributed by atoms with E-state index in [0.29, 0.717) is 0 Å². The van der Waals surface area contributed by atoms with E-state index in [1.165, 1.54) is 32.1 Å².